The molecule has 1 N–H and O–H groups in total. The third kappa shape index (κ3) is 3.74. The van der Waals surface area contributed by atoms with Crippen LogP contribution in [-0.4, -0.2) is 39.6 Å². The highest BCUT2D eigenvalue weighted by Crippen LogP contribution is 2.37. The quantitative estimate of drug-likeness (QED) is 0.582. The summed E-state index contributed by atoms with van der Waals surface area (Å²) < 4.78 is 0. The van der Waals surface area contributed by atoms with Crippen LogP contribution in [0.15, 0.2) is 84.9 Å². The van der Waals surface area contributed by atoms with E-state index in [0.717, 1.165) is 16.0 Å². The van der Waals surface area contributed by atoms with E-state index >= 15 is 0 Å². The van der Waals surface area contributed by atoms with Crippen molar-refractivity contribution in [3.63, 3.8) is 0 Å². The van der Waals surface area contributed by atoms with E-state index in [2.05, 4.69) is 0 Å². The average Bonchev–Trinajstić information content (AvgIpc) is 3.03. The number of amides is 2. The molecule has 6 heteroatoms. The molecule has 3 aromatic rings. The SMILES string of the molecule is O=C(O)[C@@H](CSC(c1ccccc1)c1ccccc1)N1C(=O)c2ccccc2C1=O. The van der Waals surface area contributed by atoms with Gasteiger partial charge in [-0.05, 0) is 23.3 Å². The molecular formula is C24H19NO4S. The molecule has 0 aliphatic carbocycles. The molecule has 1 atom stereocenters. The van der Waals surface area contributed by atoms with Gasteiger partial charge in [-0.25, -0.2) is 4.79 Å². The second kappa shape index (κ2) is 8.55. The number of carbonyl (C=O) groups is 3. The lowest BCUT2D eigenvalue weighted by atomic mass is 10.0. The van der Waals surface area contributed by atoms with Crippen LogP contribution in [0, 0.1) is 0 Å². The second-order valence-corrected chi connectivity index (χ2v) is 8.05. The molecule has 0 fully saturated rings. The minimum Gasteiger partial charge on any atom is -0.480 e. The summed E-state index contributed by atoms with van der Waals surface area (Å²) in [5.41, 5.74) is 2.56. The van der Waals surface area contributed by atoms with Crippen LogP contribution in [0.4, 0.5) is 0 Å². The number of imide groups is 1. The number of benzene rings is 3. The summed E-state index contributed by atoms with van der Waals surface area (Å²) in [6, 6.07) is 24.7. The van der Waals surface area contributed by atoms with Gasteiger partial charge in [-0.2, -0.15) is 0 Å². The van der Waals surface area contributed by atoms with Crippen molar-refractivity contribution >= 4 is 29.5 Å². The fraction of sp³-hybridized carbons (Fsp3) is 0.125. The Labute approximate surface area is 178 Å². The highest BCUT2D eigenvalue weighted by atomic mass is 32.2. The minimum absolute atomic E-state index is 0.0786. The molecule has 30 heavy (non-hydrogen) atoms. The summed E-state index contributed by atoms with van der Waals surface area (Å²) in [4.78, 5) is 38.5. The molecule has 0 aromatic heterocycles. The predicted molar refractivity (Wildman–Crippen MR) is 116 cm³/mol. The summed E-state index contributed by atoms with van der Waals surface area (Å²) in [6.07, 6.45) is 0. The number of carboxylic acids is 1. The number of nitrogens with zero attached hydrogens (tertiary/aromatic N) is 1. The maximum atomic E-state index is 12.8. The Kier molecular flexibility index (Phi) is 5.68. The van der Waals surface area contributed by atoms with Crippen LogP contribution in [-0.2, 0) is 4.79 Å². The van der Waals surface area contributed by atoms with Gasteiger partial charge in [0, 0.05) is 5.75 Å². The van der Waals surface area contributed by atoms with Crippen molar-refractivity contribution < 1.29 is 19.5 Å². The zero-order chi connectivity index (χ0) is 21.1. The third-order valence-corrected chi connectivity index (χ3v) is 6.43. The number of fused-ring (bicyclic) bond motifs is 1. The second-order valence-electron chi connectivity index (χ2n) is 6.91. The van der Waals surface area contributed by atoms with Crippen molar-refractivity contribution in [2.45, 2.75) is 11.3 Å². The Morgan fingerprint density at radius 1 is 0.767 bits per heavy atom. The summed E-state index contributed by atoms with van der Waals surface area (Å²) in [7, 11) is 0. The predicted octanol–water partition coefficient (Wildman–Crippen LogP) is 4.26. The standard InChI is InChI=1S/C24H19NO4S/c26-22-18-13-7-8-14-19(18)23(27)25(22)20(24(28)29)15-30-21(16-9-3-1-4-10-16)17-11-5-2-6-12-17/h1-14,20-21H,15H2,(H,28,29)/t20-/m1/s1. The third-order valence-electron chi connectivity index (χ3n) is 5.05. The minimum atomic E-state index is -1.25. The lowest BCUT2D eigenvalue weighted by molar-refractivity contribution is -0.140. The van der Waals surface area contributed by atoms with E-state index in [0.29, 0.717) is 0 Å². The first-order valence-corrected chi connectivity index (χ1v) is 10.5. The van der Waals surface area contributed by atoms with Gasteiger partial charge in [-0.3, -0.25) is 14.5 Å². The molecule has 0 bridgehead atoms. The number of aliphatic carboxylic acids is 1. The van der Waals surface area contributed by atoms with Crippen LogP contribution >= 0.6 is 11.8 Å². The monoisotopic (exact) mass is 417 g/mol. The first-order chi connectivity index (χ1) is 14.6. The number of hydrogen-bond acceptors (Lipinski definition) is 4. The molecule has 1 aliphatic heterocycles. The Morgan fingerprint density at radius 2 is 1.20 bits per heavy atom. The summed E-state index contributed by atoms with van der Waals surface area (Å²) in [5, 5.41) is 9.72. The largest absolute Gasteiger partial charge is 0.480 e. The number of rotatable bonds is 7. The molecule has 1 aliphatic rings. The molecule has 0 spiro atoms. The molecule has 4 rings (SSSR count). The number of hydrogen-bond donors (Lipinski definition) is 1. The van der Waals surface area contributed by atoms with Gasteiger partial charge < -0.3 is 5.11 Å². The van der Waals surface area contributed by atoms with Crippen LogP contribution in [0.25, 0.3) is 0 Å². The fourth-order valence-corrected chi connectivity index (χ4v) is 4.94. The van der Waals surface area contributed by atoms with E-state index in [4.69, 9.17) is 0 Å². The Hall–Kier alpha value is -3.38. The highest BCUT2D eigenvalue weighted by Gasteiger charge is 2.43. The van der Waals surface area contributed by atoms with Gasteiger partial charge in [-0.1, -0.05) is 72.8 Å². The van der Waals surface area contributed by atoms with Crippen molar-refractivity contribution in [2.24, 2.45) is 0 Å². The normalized spacial score (nSPS) is 14.1. The summed E-state index contributed by atoms with van der Waals surface area (Å²) in [6.45, 7) is 0. The molecule has 0 saturated carbocycles. The van der Waals surface area contributed by atoms with Crippen molar-refractivity contribution in [3.8, 4) is 0 Å². The fourth-order valence-electron chi connectivity index (χ4n) is 3.58. The topological polar surface area (TPSA) is 74.7 Å². The van der Waals surface area contributed by atoms with Crippen LogP contribution in [0.5, 0.6) is 0 Å². The van der Waals surface area contributed by atoms with E-state index in [1.807, 2.05) is 60.7 Å². The maximum absolute atomic E-state index is 12.8. The number of thioether (sulfide) groups is 1. The number of carboxylic acid groups (broad SMARTS) is 1. The Morgan fingerprint density at radius 3 is 1.63 bits per heavy atom. The molecule has 1 heterocycles. The van der Waals surface area contributed by atoms with E-state index < -0.39 is 23.8 Å². The van der Waals surface area contributed by atoms with Crippen molar-refractivity contribution in [2.75, 3.05) is 5.75 Å². The Bertz CT molecular complexity index is 1010. The van der Waals surface area contributed by atoms with Gasteiger partial charge in [0.1, 0.15) is 6.04 Å². The first-order valence-electron chi connectivity index (χ1n) is 9.49. The van der Waals surface area contributed by atoms with Crippen molar-refractivity contribution in [3.05, 3.63) is 107 Å². The lowest BCUT2D eigenvalue weighted by Crippen LogP contribution is -2.46. The van der Waals surface area contributed by atoms with Crippen molar-refractivity contribution in [1.82, 2.24) is 4.90 Å². The zero-order valence-corrected chi connectivity index (χ0v) is 16.8. The van der Waals surface area contributed by atoms with Gasteiger partial charge in [0.2, 0.25) is 0 Å². The average molecular weight is 417 g/mol. The molecule has 150 valence electrons. The van der Waals surface area contributed by atoms with Crippen LogP contribution in [0.2, 0.25) is 0 Å². The zero-order valence-electron chi connectivity index (χ0n) is 16.0. The molecule has 0 unspecified atom stereocenters. The van der Waals surface area contributed by atoms with E-state index in [-0.39, 0.29) is 22.1 Å². The van der Waals surface area contributed by atoms with Gasteiger partial charge >= 0.3 is 5.97 Å². The van der Waals surface area contributed by atoms with Gasteiger partial charge in [0.25, 0.3) is 11.8 Å². The van der Waals surface area contributed by atoms with Gasteiger partial charge in [-0.15, -0.1) is 11.8 Å². The van der Waals surface area contributed by atoms with Gasteiger partial charge in [0.15, 0.2) is 0 Å². The number of carbonyl (C=O) groups excluding carboxylic acids is 2. The maximum Gasteiger partial charge on any atom is 0.327 e. The first kappa shape index (κ1) is 19.9. The summed E-state index contributed by atoms with van der Waals surface area (Å²) in [5.74, 6) is -2.23. The van der Waals surface area contributed by atoms with Crippen LogP contribution in [0.3, 0.4) is 0 Å². The smallest absolute Gasteiger partial charge is 0.327 e. The highest BCUT2D eigenvalue weighted by molar-refractivity contribution is 7.99. The molecule has 2 amide bonds. The molecular weight excluding hydrogens is 398 g/mol. The molecule has 5 nitrogen and oxygen atoms in total. The van der Waals surface area contributed by atoms with Gasteiger partial charge in [0.05, 0.1) is 16.4 Å². The van der Waals surface area contributed by atoms with E-state index in [9.17, 15) is 19.5 Å². The Balaban J connectivity index is 1.61. The van der Waals surface area contributed by atoms with Crippen molar-refractivity contribution in [1.29, 1.82) is 0 Å². The summed E-state index contributed by atoms with van der Waals surface area (Å²) >= 11 is 1.41. The molecule has 0 radical (unpaired) electrons. The molecule has 0 saturated heterocycles. The van der Waals surface area contributed by atoms with E-state index in [1.54, 1.807) is 24.3 Å². The van der Waals surface area contributed by atoms with E-state index in [1.165, 1.54) is 11.8 Å². The lowest BCUT2D eigenvalue weighted by Gasteiger charge is -2.25. The molecule has 3 aromatic carbocycles. The van der Waals surface area contributed by atoms with Crippen LogP contribution in [0.1, 0.15) is 37.1 Å². The van der Waals surface area contributed by atoms with Crippen LogP contribution < -0.4 is 0 Å².